The predicted octanol–water partition coefficient (Wildman–Crippen LogP) is 2.17. The summed E-state index contributed by atoms with van der Waals surface area (Å²) in [7, 11) is 0. The molecule has 1 rings (SSSR count). The lowest BCUT2D eigenvalue weighted by Gasteiger charge is -2.20. The van der Waals surface area contributed by atoms with E-state index in [-0.39, 0.29) is 18.9 Å². The molecule has 0 aliphatic rings. The van der Waals surface area contributed by atoms with Gasteiger partial charge in [0.15, 0.2) is 0 Å². The molecule has 0 aliphatic carbocycles. The lowest BCUT2D eigenvalue weighted by atomic mass is 10.2. The molecule has 0 bridgehead atoms. The number of carbonyl (C=O) groups is 2. The minimum absolute atomic E-state index is 0.232. The third kappa shape index (κ3) is 3.24. The zero-order valence-corrected chi connectivity index (χ0v) is 9.57. The molecule has 0 radical (unpaired) electrons. The largest absolute Gasteiger partial charge is 0.480 e. The number of carbonyl (C=O) groups excluding carboxylic acids is 1. The van der Waals surface area contributed by atoms with E-state index >= 15 is 0 Å². The van der Waals surface area contributed by atoms with Crippen LogP contribution in [0.1, 0.15) is 13.3 Å². The second kappa shape index (κ2) is 5.51. The Morgan fingerprint density at radius 2 is 1.88 bits per heavy atom. The van der Waals surface area contributed by atoms with E-state index in [2.05, 4.69) is 0 Å². The van der Waals surface area contributed by atoms with Gasteiger partial charge in [0, 0.05) is 17.1 Å². The first-order valence-electron chi connectivity index (χ1n) is 4.82. The van der Waals surface area contributed by atoms with Crippen molar-refractivity contribution in [2.24, 2.45) is 0 Å². The fourth-order valence-electron chi connectivity index (χ4n) is 1.27. The lowest BCUT2D eigenvalue weighted by molar-refractivity contribution is -0.136. The smallest absolute Gasteiger partial charge is 0.323 e. The molecule has 0 fully saturated rings. The number of aliphatic carboxylic acids is 1. The molecule has 0 spiro atoms. The van der Waals surface area contributed by atoms with Gasteiger partial charge >= 0.3 is 5.97 Å². The van der Waals surface area contributed by atoms with Crippen molar-refractivity contribution in [1.29, 1.82) is 0 Å². The minimum atomic E-state index is -1.04. The van der Waals surface area contributed by atoms with Gasteiger partial charge in [-0.3, -0.25) is 9.59 Å². The second-order valence-electron chi connectivity index (χ2n) is 3.20. The summed E-state index contributed by atoms with van der Waals surface area (Å²) in [4.78, 5) is 23.4. The number of amides is 1. The van der Waals surface area contributed by atoms with Crippen LogP contribution in [0.25, 0.3) is 0 Å². The van der Waals surface area contributed by atoms with Gasteiger partial charge in [-0.25, -0.2) is 0 Å². The molecule has 0 saturated heterocycles. The zero-order chi connectivity index (χ0) is 12.1. The Labute approximate surface area is 98.4 Å². The monoisotopic (exact) mass is 241 g/mol. The van der Waals surface area contributed by atoms with Gasteiger partial charge < -0.3 is 10.0 Å². The fourth-order valence-corrected chi connectivity index (χ4v) is 1.40. The van der Waals surface area contributed by atoms with E-state index in [9.17, 15) is 9.59 Å². The SMILES string of the molecule is CCC(=O)N(CC(=O)O)c1ccc(Cl)cc1. The van der Waals surface area contributed by atoms with Crippen molar-refractivity contribution in [2.75, 3.05) is 11.4 Å². The first kappa shape index (κ1) is 12.5. The summed E-state index contributed by atoms with van der Waals surface area (Å²) in [6.07, 6.45) is 0.260. The van der Waals surface area contributed by atoms with Gasteiger partial charge in [0.2, 0.25) is 5.91 Å². The van der Waals surface area contributed by atoms with Gasteiger partial charge in [-0.05, 0) is 24.3 Å². The summed E-state index contributed by atoms with van der Waals surface area (Å²) in [6, 6.07) is 6.49. The van der Waals surface area contributed by atoms with Crippen LogP contribution in [0.5, 0.6) is 0 Å². The van der Waals surface area contributed by atoms with E-state index < -0.39 is 5.97 Å². The maximum Gasteiger partial charge on any atom is 0.323 e. The van der Waals surface area contributed by atoms with Gasteiger partial charge in [0.25, 0.3) is 0 Å². The van der Waals surface area contributed by atoms with Crippen LogP contribution in [-0.4, -0.2) is 23.5 Å². The molecule has 1 amide bonds. The molecule has 0 heterocycles. The molecule has 1 aromatic carbocycles. The highest BCUT2D eigenvalue weighted by atomic mass is 35.5. The van der Waals surface area contributed by atoms with E-state index in [0.29, 0.717) is 10.7 Å². The van der Waals surface area contributed by atoms with Crippen LogP contribution >= 0.6 is 11.6 Å². The molecular weight excluding hydrogens is 230 g/mol. The van der Waals surface area contributed by atoms with Crippen LogP contribution < -0.4 is 4.90 Å². The summed E-state index contributed by atoms with van der Waals surface area (Å²) >= 11 is 5.72. The van der Waals surface area contributed by atoms with Crippen molar-refractivity contribution in [1.82, 2.24) is 0 Å². The highest BCUT2D eigenvalue weighted by Crippen LogP contribution is 2.18. The Kier molecular flexibility index (Phi) is 4.31. The van der Waals surface area contributed by atoms with Crippen LogP contribution in [0.4, 0.5) is 5.69 Å². The van der Waals surface area contributed by atoms with Gasteiger partial charge in [-0.1, -0.05) is 18.5 Å². The number of halogens is 1. The number of anilines is 1. The molecule has 0 aromatic heterocycles. The molecule has 1 aromatic rings. The third-order valence-corrected chi connectivity index (χ3v) is 2.29. The minimum Gasteiger partial charge on any atom is -0.480 e. The molecule has 5 heteroatoms. The Bertz CT molecular complexity index is 389. The van der Waals surface area contributed by atoms with Crippen molar-refractivity contribution >= 4 is 29.2 Å². The maximum atomic E-state index is 11.6. The zero-order valence-electron chi connectivity index (χ0n) is 8.81. The average Bonchev–Trinajstić information content (AvgIpc) is 2.26. The Morgan fingerprint density at radius 3 is 2.31 bits per heavy atom. The van der Waals surface area contributed by atoms with Crippen LogP contribution in [-0.2, 0) is 9.59 Å². The van der Waals surface area contributed by atoms with E-state index in [1.807, 2.05) is 0 Å². The standard InChI is InChI=1S/C11H12ClNO3/c1-2-10(14)13(7-11(15)16)9-5-3-8(12)4-6-9/h3-6H,2,7H2,1H3,(H,15,16). The number of carboxylic acid groups (broad SMARTS) is 1. The van der Waals surface area contributed by atoms with Gasteiger partial charge in [-0.15, -0.1) is 0 Å². The number of nitrogens with zero attached hydrogens (tertiary/aromatic N) is 1. The Balaban J connectivity index is 2.96. The number of rotatable bonds is 4. The molecule has 4 nitrogen and oxygen atoms in total. The van der Waals surface area contributed by atoms with E-state index in [1.165, 1.54) is 4.90 Å². The van der Waals surface area contributed by atoms with Crippen molar-refractivity contribution < 1.29 is 14.7 Å². The van der Waals surface area contributed by atoms with Gasteiger partial charge in [-0.2, -0.15) is 0 Å². The summed E-state index contributed by atoms with van der Waals surface area (Å²) in [5, 5.41) is 9.27. The molecule has 16 heavy (non-hydrogen) atoms. The summed E-state index contributed by atoms with van der Waals surface area (Å²) in [6.45, 7) is 1.35. The molecule has 1 N–H and O–H groups in total. The Morgan fingerprint density at radius 1 is 1.31 bits per heavy atom. The van der Waals surface area contributed by atoms with Crippen molar-refractivity contribution in [3.63, 3.8) is 0 Å². The van der Waals surface area contributed by atoms with E-state index in [4.69, 9.17) is 16.7 Å². The topological polar surface area (TPSA) is 57.6 Å². The van der Waals surface area contributed by atoms with Crippen LogP contribution in [0, 0.1) is 0 Å². The quantitative estimate of drug-likeness (QED) is 0.879. The highest BCUT2D eigenvalue weighted by molar-refractivity contribution is 6.30. The van der Waals surface area contributed by atoms with Gasteiger partial charge in [0.1, 0.15) is 6.54 Å². The summed E-state index contributed by atoms with van der Waals surface area (Å²) < 4.78 is 0. The first-order valence-corrected chi connectivity index (χ1v) is 5.20. The van der Waals surface area contributed by atoms with Crippen LogP contribution in [0.2, 0.25) is 5.02 Å². The Hall–Kier alpha value is -1.55. The molecule has 86 valence electrons. The number of hydrogen-bond donors (Lipinski definition) is 1. The van der Waals surface area contributed by atoms with Crippen LogP contribution in [0.3, 0.4) is 0 Å². The van der Waals surface area contributed by atoms with Crippen molar-refractivity contribution in [2.45, 2.75) is 13.3 Å². The molecule has 0 saturated carbocycles. The first-order chi connectivity index (χ1) is 7.54. The van der Waals surface area contributed by atoms with E-state index in [1.54, 1.807) is 31.2 Å². The number of carboxylic acids is 1. The predicted molar refractivity (Wildman–Crippen MR) is 61.7 cm³/mol. The molecule has 0 atom stereocenters. The van der Waals surface area contributed by atoms with Crippen molar-refractivity contribution in [3.8, 4) is 0 Å². The number of benzene rings is 1. The number of hydrogen-bond acceptors (Lipinski definition) is 2. The fraction of sp³-hybridized carbons (Fsp3) is 0.273. The summed E-state index contributed by atoms with van der Waals surface area (Å²) in [5.41, 5.74) is 0.540. The van der Waals surface area contributed by atoms with E-state index in [0.717, 1.165) is 0 Å². The average molecular weight is 242 g/mol. The van der Waals surface area contributed by atoms with Crippen LogP contribution in [0.15, 0.2) is 24.3 Å². The molecular formula is C11H12ClNO3. The summed E-state index contributed by atoms with van der Waals surface area (Å²) in [5.74, 6) is -1.28. The highest BCUT2D eigenvalue weighted by Gasteiger charge is 2.16. The third-order valence-electron chi connectivity index (χ3n) is 2.04. The van der Waals surface area contributed by atoms with Crippen molar-refractivity contribution in [3.05, 3.63) is 29.3 Å². The molecule has 0 aliphatic heterocycles. The normalized spacial score (nSPS) is 9.88. The lowest BCUT2D eigenvalue weighted by Crippen LogP contribution is -2.35. The maximum absolute atomic E-state index is 11.6. The van der Waals surface area contributed by atoms with Gasteiger partial charge in [0.05, 0.1) is 0 Å². The molecule has 0 unspecified atom stereocenters. The second-order valence-corrected chi connectivity index (χ2v) is 3.64.